The minimum atomic E-state index is 0.00108. The van der Waals surface area contributed by atoms with Gasteiger partial charge in [0.05, 0.1) is 26.5 Å². The molecule has 1 aliphatic carbocycles. The minimum absolute atomic E-state index is 0.00108. The number of carbonyl (C=O) groups is 1. The molecule has 1 aliphatic heterocycles. The van der Waals surface area contributed by atoms with Gasteiger partial charge in [-0.15, -0.1) is 0 Å². The van der Waals surface area contributed by atoms with Crippen LogP contribution in [0.1, 0.15) is 42.4 Å². The molecule has 6 heteroatoms. The van der Waals surface area contributed by atoms with Crippen molar-refractivity contribution in [2.75, 3.05) is 14.2 Å². The van der Waals surface area contributed by atoms with Crippen LogP contribution < -0.4 is 9.47 Å². The summed E-state index contributed by atoms with van der Waals surface area (Å²) in [5, 5.41) is 7.37. The highest BCUT2D eigenvalue weighted by molar-refractivity contribution is 9.08. The van der Waals surface area contributed by atoms with Crippen LogP contribution in [-0.4, -0.2) is 30.8 Å². The highest BCUT2D eigenvalue weighted by Crippen LogP contribution is 2.39. The van der Waals surface area contributed by atoms with E-state index in [4.69, 9.17) is 14.6 Å². The van der Waals surface area contributed by atoms with Gasteiger partial charge in [-0.2, -0.15) is 5.10 Å². The van der Waals surface area contributed by atoms with Gasteiger partial charge in [0.1, 0.15) is 0 Å². The number of rotatable bonds is 6. The zero-order chi connectivity index (χ0) is 21.1. The number of halogens is 1. The van der Waals surface area contributed by atoms with Crippen LogP contribution in [0.15, 0.2) is 47.6 Å². The molecule has 0 saturated heterocycles. The Morgan fingerprint density at radius 3 is 2.30 bits per heavy atom. The van der Waals surface area contributed by atoms with Gasteiger partial charge < -0.3 is 9.47 Å². The Morgan fingerprint density at radius 1 is 0.967 bits per heavy atom. The Balaban J connectivity index is 1.70. The fourth-order valence-electron chi connectivity index (χ4n) is 4.49. The molecule has 0 aromatic heterocycles. The molecule has 2 aromatic rings. The van der Waals surface area contributed by atoms with Crippen LogP contribution in [0.3, 0.4) is 0 Å². The van der Waals surface area contributed by atoms with Crippen LogP contribution in [0, 0.1) is 11.8 Å². The maximum Gasteiger partial charge on any atom is 0.246 e. The lowest BCUT2D eigenvalue weighted by molar-refractivity contribution is -0.139. The van der Waals surface area contributed by atoms with Crippen LogP contribution in [0.5, 0.6) is 11.5 Å². The normalized spacial score (nSPS) is 21.1. The van der Waals surface area contributed by atoms with E-state index in [2.05, 4.69) is 40.2 Å². The van der Waals surface area contributed by atoms with Crippen molar-refractivity contribution in [3.05, 3.63) is 59.2 Å². The summed E-state index contributed by atoms with van der Waals surface area (Å²) in [5.41, 5.74) is 4.28. The molecular weight excluding hydrogens is 444 g/mol. The van der Waals surface area contributed by atoms with Gasteiger partial charge in [0.15, 0.2) is 11.5 Å². The number of nitrogens with zero attached hydrogens (tertiary/aromatic N) is 2. The Hall–Kier alpha value is -2.34. The Labute approximate surface area is 186 Å². The Morgan fingerprint density at radius 2 is 1.63 bits per heavy atom. The zero-order valence-electron chi connectivity index (χ0n) is 17.4. The van der Waals surface area contributed by atoms with Gasteiger partial charge in [0.25, 0.3) is 0 Å². The molecule has 4 rings (SSSR count). The van der Waals surface area contributed by atoms with E-state index < -0.39 is 0 Å². The molecule has 2 aliphatic rings. The van der Waals surface area contributed by atoms with E-state index in [1.807, 2.05) is 18.2 Å². The number of amides is 1. The predicted octanol–water partition coefficient (Wildman–Crippen LogP) is 5.15. The van der Waals surface area contributed by atoms with Crippen LogP contribution in [0.25, 0.3) is 0 Å². The SMILES string of the molecule is COc1ccc(C2=NN(Cc3ccc(CBr)cc3)C(=O)C3CCCCC23)cc1OC. The predicted molar refractivity (Wildman–Crippen MR) is 121 cm³/mol. The number of hydrazone groups is 1. The number of benzene rings is 2. The second-order valence-corrected chi connectivity index (χ2v) is 8.46. The minimum Gasteiger partial charge on any atom is -0.493 e. The molecule has 2 atom stereocenters. The van der Waals surface area contributed by atoms with Gasteiger partial charge in [-0.05, 0) is 42.2 Å². The van der Waals surface area contributed by atoms with E-state index in [0.717, 1.165) is 47.9 Å². The molecule has 1 saturated carbocycles. The standard InChI is InChI=1S/C24H27BrN2O3/c1-29-21-12-11-18(13-22(21)30-2)23-19-5-3-4-6-20(19)24(28)27(26-23)15-17-9-7-16(14-25)8-10-17/h7-13,19-20H,3-6,14-15H2,1-2H3. The number of carbonyl (C=O) groups excluding carboxylic acids is 1. The molecule has 1 fully saturated rings. The summed E-state index contributed by atoms with van der Waals surface area (Å²) in [7, 11) is 3.27. The summed E-state index contributed by atoms with van der Waals surface area (Å²) < 4.78 is 10.9. The number of hydrogen-bond acceptors (Lipinski definition) is 4. The third-order valence-electron chi connectivity index (χ3n) is 6.11. The van der Waals surface area contributed by atoms with Crippen molar-refractivity contribution in [2.45, 2.75) is 37.6 Å². The fraction of sp³-hybridized carbons (Fsp3) is 0.417. The second-order valence-electron chi connectivity index (χ2n) is 7.90. The van der Waals surface area contributed by atoms with Gasteiger partial charge in [-0.1, -0.05) is 53.0 Å². The van der Waals surface area contributed by atoms with Crippen LogP contribution >= 0.6 is 15.9 Å². The van der Waals surface area contributed by atoms with Crippen molar-refractivity contribution in [1.82, 2.24) is 5.01 Å². The lowest BCUT2D eigenvalue weighted by Gasteiger charge is -2.38. The molecule has 1 heterocycles. The summed E-state index contributed by atoms with van der Waals surface area (Å²) in [6, 6.07) is 14.2. The van der Waals surface area contributed by atoms with Crippen molar-refractivity contribution in [3.63, 3.8) is 0 Å². The topological polar surface area (TPSA) is 51.1 Å². The van der Waals surface area contributed by atoms with Crippen molar-refractivity contribution in [3.8, 4) is 11.5 Å². The van der Waals surface area contributed by atoms with E-state index in [1.54, 1.807) is 19.2 Å². The van der Waals surface area contributed by atoms with Crippen LogP contribution in [-0.2, 0) is 16.7 Å². The largest absolute Gasteiger partial charge is 0.493 e. The summed E-state index contributed by atoms with van der Waals surface area (Å²) in [5.74, 6) is 1.68. The monoisotopic (exact) mass is 470 g/mol. The Kier molecular flexibility index (Phi) is 6.42. The number of fused-ring (bicyclic) bond motifs is 1. The number of hydrogen-bond donors (Lipinski definition) is 0. The third kappa shape index (κ3) is 4.10. The van der Waals surface area contributed by atoms with E-state index in [9.17, 15) is 4.79 Å². The average Bonchev–Trinajstić information content (AvgIpc) is 2.81. The smallest absolute Gasteiger partial charge is 0.246 e. The van der Waals surface area contributed by atoms with E-state index in [0.29, 0.717) is 18.0 Å². The number of methoxy groups -OCH3 is 2. The first kappa shape index (κ1) is 20.9. The molecule has 158 valence electrons. The lowest BCUT2D eigenvalue weighted by Crippen LogP contribution is -2.45. The first-order valence-electron chi connectivity index (χ1n) is 10.4. The zero-order valence-corrected chi connectivity index (χ0v) is 19.0. The maximum absolute atomic E-state index is 13.3. The molecule has 0 N–H and O–H groups in total. The maximum atomic E-state index is 13.3. The van der Waals surface area contributed by atoms with E-state index in [1.165, 1.54) is 5.56 Å². The van der Waals surface area contributed by atoms with Crippen molar-refractivity contribution in [1.29, 1.82) is 0 Å². The molecule has 5 nitrogen and oxygen atoms in total. The van der Waals surface area contributed by atoms with Gasteiger partial charge >= 0.3 is 0 Å². The molecule has 0 bridgehead atoms. The van der Waals surface area contributed by atoms with Crippen molar-refractivity contribution in [2.24, 2.45) is 16.9 Å². The number of ether oxygens (including phenoxy) is 2. The third-order valence-corrected chi connectivity index (χ3v) is 6.75. The molecule has 2 unspecified atom stereocenters. The average molecular weight is 471 g/mol. The van der Waals surface area contributed by atoms with Crippen LogP contribution in [0.4, 0.5) is 0 Å². The van der Waals surface area contributed by atoms with Crippen LogP contribution in [0.2, 0.25) is 0 Å². The van der Waals surface area contributed by atoms with Crippen molar-refractivity contribution < 1.29 is 14.3 Å². The van der Waals surface area contributed by atoms with E-state index in [-0.39, 0.29) is 17.7 Å². The highest BCUT2D eigenvalue weighted by Gasteiger charge is 2.41. The molecule has 1 amide bonds. The fourth-order valence-corrected chi connectivity index (χ4v) is 4.86. The number of alkyl halides is 1. The Bertz CT molecular complexity index is 942. The molecule has 0 radical (unpaired) electrons. The summed E-state index contributed by atoms with van der Waals surface area (Å²) in [4.78, 5) is 13.3. The summed E-state index contributed by atoms with van der Waals surface area (Å²) in [6.45, 7) is 0.488. The molecular formula is C24H27BrN2O3. The van der Waals surface area contributed by atoms with Gasteiger partial charge in [0.2, 0.25) is 5.91 Å². The quantitative estimate of drug-likeness (QED) is 0.548. The van der Waals surface area contributed by atoms with E-state index >= 15 is 0 Å². The van der Waals surface area contributed by atoms with Gasteiger partial charge in [0, 0.05) is 22.7 Å². The molecule has 0 spiro atoms. The second kappa shape index (κ2) is 9.21. The molecule has 2 aromatic carbocycles. The van der Waals surface area contributed by atoms with Gasteiger partial charge in [-0.25, -0.2) is 5.01 Å². The summed E-state index contributed by atoms with van der Waals surface area (Å²) >= 11 is 3.48. The first-order chi connectivity index (χ1) is 14.6. The van der Waals surface area contributed by atoms with Gasteiger partial charge in [-0.3, -0.25) is 4.79 Å². The lowest BCUT2D eigenvalue weighted by atomic mass is 9.73. The summed E-state index contributed by atoms with van der Waals surface area (Å²) in [6.07, 6.45) is 4.15. The highest BCUT2D eigenvalue weighted by atomic mass is 79.9. The molecule has 30 heavy (non-hydrogen) atoms. The first-order valence-corrected chi connectivity index (χ1v) is 11.5. The van der Waals surface area contributed by atoms with Crippen molar-refractivity contribution >= 4 is 27.5 Å².